The molecule has 0 spiro atoms. The average molecular weight is 305 g/mol. The highest BCUT2D eigenvalue weighted by atomic mass is 32.2. The van der Waals surface area contributed by atoms with Gasteiger partial charge in [-0.05, 0) is 17.5 Å². The van der Waals surface area contributed by atoms with E-state index in [4.69, 9.17) is 5.73 Å². The fourth-order valence-corrected chi connectivity index (χ4v) is 4.08. The monoisotopic (exact) mass is 305 g/mol. The second-order valence-corrected chi connectivity index (χ2v) is 7.44. The van der Waals surface area contributed by atoms with Crippen LogP contribution in [0, 0.1) is 0 Å². The van der Waals surface area contributed by atoms with Crippen molar-refractivity contribution in [2.75, 3.05) is 19.0 Å². The van der Waals surface area contributed by atoms with Crippen molar-refractivity contribution in [1.82, 2.24) is 0 Å². The molecule has 1 unspecified atom stereocenters. The molecular weight excluding hydrogens is 284 g/mol. The molecule has 0 aliphatic carbocycles. The van der Waals surface area contributed by atoms with E-state index >= 15 is 0 Å². The van der Waals surface area contributed by atoms with Gasteiger partial charge in [0.2, 0.25) is 0 Å². The molecule has 2 aromatic rings. The summed E-state index contributed by atoms with van der Waals surface area (Å²) in [5.74, 6) is 0. The highest BCUT2D eigenvalue weighted by Crippen LogP contribution is 2.32. The Kier molecular flexibility index (Phi) is 4.54. The molecule has 0 saturated heterocycles. The predicted octanol–water partition coefficient (Wildman–Crippen LogP) is 3.86. The van der Waals surface area contributed by atoms with Crippen molar-refractivity contribution in [2.24, 2.45) is 0 Å². The van der Waals surface area contributed by atoms with Crippen molar-refractivity contribution in [3.8, 4) is 0 Å². The quantitative estimate of drug-likeness (QED) is 0.842. The van der Waals surface area contributed by atoms with Gasteiger partial charge in [0.1, 0.15) is 0 Å². The van der Waals surface area contributed by atoms with Gasteiger partial charge < -0.3 is 10.6 Å². The van der Waals surface area contributed by atoms with E-state index in [2.05, 4.69) is 0 Å². The lowest BCUT2D eigenvalue weighted by atomic mass is 10.1. The molecule has 114 valence electrons. The summed E-state index contributed by atoms with van der Waals surface area (Å²) in [7, 11) is 0.240. The topological polar surface area (TPSA) is 61.2 Å². The normalized spacial score (nSPS) is 13.3. The van der Waals surface area contributed by atoms with Crippen LogP contribution in [0.2, 0.25) is 0 Å². The third kappa shape index (κ3) is 2.89. The summed E-state index contributed by atoms with van der Waals surface area (Å²) in [5.41, 5.74) is 8.90. The van der Waals surface area contributed by atoms with Crippen LogP contribution >= 0.6 is 0 Å². The van der Waals surface area contributed by atoms with Gasteiger partial charge in [-0.3, -0.25) is 0 Å². The Labute approximate surface area is 126 Å². The maximum absolute atomic E-state index is 12.6. The van der Waals surface area contributed by atoms with Crippen LogP contribution in [0.4, 0.5) is 5.69 Å². The van der Waals surface area contributed by atoms with Gasteiger partial charge in [-0.25, -0.2) is 8.42 Å². The molecule has 0 aliphatic rings. The molecule has 0 heterocycles. The van der Waals surface area contributed by atoms with Crippen LogP contribution in [0.15, 0.2) is 41.3 Å². The van der Waals surface area contributed by atoms with E-state index in [1.165, 1.54) is 0 Å². The summed E-state index contributed by atoms with van der Waals surface area (Å²) in [5, 5.41) is 0.487. The highest BCUT2D eigenvalue weighted by molar-refractivity contribution is 7.92. The van der Waals surface area contributed by atoms with Crippen LogP contribution in [0.1, 0.15) is 19.8 Å². The summed E-state index contributed by atoms with van der Waals surface area (Å²) in [6, 6.07) is 10.9. The number of nitrogens with zero attached hydrogens (tertiary/aromatic N) is 1. The van der Waals surface area contributed by atoms with Gasteiger partial charge in [-0.2, -0.15) is 0 Å². The maximum atomic E-state index is 12.6. The Hall–Kier alpha value is -1.59. The summed E-state index contributed by atoms with van der Waals surface area (Å²) in [6.07, 6.45) is 1.03. The van der Waals surface area contributed by atoms with E-state index < -0.39 is 15.2 Å². The molecule has 0 saturated carbocycles. The van der Waals surface area contributed by atoms with Gasteiger partial charge in [0, 0.05) is 30.6 Å². The van der Waals surface area contributed by atoms with E-state index in [0.717, 1.165) is 11.1 Å². The minimum absolute atomic E-state index is 0.261. The summed E-state index contributed by atoms with van der Waals surface area (Å²) in [6.45, 7) is 1.89. The van der Waals surface area contributed by atoms with Crippen LogP contribution in [0.5, 0.6) is 0 Å². The molecule has 4 nitrogen and oxygen atoms in total. The number of nitrogens with one attached hydrogen (secondary N) is 1. The molecular formula is C16H21N2O2S-. The molecule has 1 N–H and O–H groups in total. The lowest BCUT2D eigenvalue weighted by Gasteiger charge is -2.22. The van der Waals surface area contributed by atoms with Crippen LogP contribution in [-0.2, 0) is 9.84 Å². The standard InChI is InChI=1S/C16H21N2O2S/c1-4-7-16(17)21(19,20)15-11-6-8-12-13(15)9-5-10-14(12)18(2)3/h5-6,8-11,16-17H,4,7H2,1-3H3/q-1. The van der Waals surface area contributed by atoms with Crippen LogP contribution < -0.4 is 4.90 Å². The lowest BCUT2D eigenvalue weighted by Crippen LogP contribution is -2.17. The minimum atomic E-state index is -3.62. The van der Waals surface area contributed by atoms with E-state index in [1.807, 2.05) is 50.2 Å². The minimum Gasteiger partial charge on any atom is -0.661 e. The molecule has 0 fully saturated rings. The van der Waals surface area contributed by atoms with Crippen LogP contribution in [0.3, 0.4) is 0 Å². The number of hydrogen-bond acceptors (Lipinski definition) is 3. The van der Waals surface area contributed by atoms with Gasteiger partial charge in [-0.1, -0.05) is 44.0 Å². The van der Waals surface area contributed by atoms with Gasteiger partial charge in [0.15, 0.2) is 9.84 Å². The molecule has 21 heavy (non-hydrogen) atoms. The number of hydrogen-bond donors (Lipinski definition) is 0. The Balaban J connectivity index is 2.69. The van der Waals surface area contributed by atoms with E-state index in [0.29, 0.717) is 18.2 Å². The Bertz CT molecular complexity index is 739. The zero-order valence-electron chi connectivity index (χ0n) is 12.6. The molecule has 1 atom stereocenters. The molecule has 0 aliphatic heterocycles. The summed E-state index contributed by atoms with van der Waals surface area (Å²) in [4.78, 5) is 2.22. The average Bonchev–Trinajstić information content (AvgIpc) is 2.45. The summed E-state index contributed by atoms with van der Waals surface area (Å²) < 4.78 is 25.2. The lowest BCUT2D eigenvalue weighted by molar-refractivity contribution is 0.583. The van der Waals surface area contributed by atoms with Crippen molar-refractivity contribution in [3.05, 3.63) is 42.1 Å². The second-order valence-electron chi connectivity index (χ2n) is 5.35. The molecule has 5 heteroatoms. The summed E-state index contributed by atoms with van der Waals surface area (Å²) >= 11 is 0. The molecule has 2 rings (SSSR count). The molecule has 0 bridgehead atoms. The number of fused-ring (bicyclic) bond motifs is 1. The third-order valence-electron chi connectivity index (χ3n) is 3.57. The van der Waals surface area contributed by atoms with E-state index in [1.54, 1.807) is 12.1 Å². The first-order valence-electron chi connectivity index (χ1n) is 7.03. The van der Waals surface area contributed by atoms with Crippen molar-refractivity contribution in [3.63, 3.8) is 0 Å². The van der Waals surface area contributed by atoms with Gasteiger partial charge in [-0.15, -0.1) is 0 Å². The molecule has 0 radical (unpaired) electrons. The zero-order valence-corrected chi connectivity index (χ0v) is 13.4. The van der Waals surface area contributed by atoms with Gasteiger partial charge in [0.25, 0.3) is 0 Å². The van der Waals surface area contributed by atoms with Crippen molar-refractivity contribution < 1.29 is 8.42 Å². The van der Waals surface area contributed by atoms with Crippen LogP contribution in [-0.4, -0.2) is 27.9 Å². The second kappa shape index (κ2) is 6.03. The van der Waals surface area contributed by atoms with Crippen molar-refractivity contribution in [1.29, 1.82) is 0 Å². The first kappa shape index (κ1) is 15.8. The molecule has 0 aromatic heterocycles. The van der Waals surface area contributed by atoms with E-state index in [9.17, 15) is 8.42 Å². The van der Waals surface area contributed by atoms with Gasteiger partial charge in [0.05, 0.1) is 4.90 Å². The van der Waals surface area contributed by atoms with Gasteiger partial charge >= 0.3 is 0 Å². The number of benzene rings is 2. The zero-order chi connectivity index (χ0) is 15.6. The third-order valence-corrected chi connectivity index (χ3v) is 5.53. The highest BCUT2D eigenvalue weighted by Gasteiger charge is 2.20. The van der Waals surface area contributed by atoms with Crippen LogP contribution in [0.25, 0.3) is 16.5 Å². The van der Waals surface area contributed by atoms with E-state index in [-0.39, 0.29) is 4.90 Å². The SMILES string of the molecule is CCCC([NH-])S(=O)(=O)c1cccc2c(N(C)C)cccc12. The number of sulfone groups is 1. The smallest absolute Gasteiger partial charge is 0.162 e. The number of anilines is 1. The molecule has 2 aromatic carbocycles. The number of rotatable bonds is 5. The Morgan fingerprint density at radius 2 is 1.71 bits per heavy atom. The van der Waals surface area contributed by atoms with Crippen molar-refractivity contribution >= 4 is 26.3 Å². The molecule has 0 amide bonds. The first-order valence-corrected chi connectivity index (χ1v) is 8.58. The van der Waals surface area contributed by atoms with Crippen molar-refractivity contribution in [2.45, 2.75) is 30.0 Å². The maximum Gasteiger partial charge on any atom is 0.162 e. The fourth-order valence-electron chi connectivity index (χ4n) is 2.47. The largest absolute Gasteiger partial charge is 0.661 e. The predicted molar refractivity (Wildman–Crippen MR) is 88.5 cm³/mol. The first-order chi connectivity index (χ1) is 9.89. The Morgan fingerprint density at radius 1 is 1.10 bits per heavy atom. The Morgan fingerprint density at radius 3 is 2.33 bits per heavy atom. The fraction of sp³-hybridized carbons (Fsp3) is 0.375.